The highest BCUT2D eigenvalue weighted by Gasteiger charge is 2.58. The van der Waals surface area contributed by atoms with E-state index in [1.165, 1.54) is 18.3 Å². The third-order valence-electron chi connectivity index (χ3n) is 11.3. The maximum absolute atomic E-state index is 2.53. The Kier molecular flexibility index (Phi) is 4.53. The topological polar surface area (TPSA) is 0 Å². The van der Waals surface area contributed by atoms with Crippen molar-refractivity contribution in [2.24, 2.45) is 76.9 Å². The maximum atomic E-state index is 2.53. The van der Waals surface area contributed by atoms with Crippen molar-refractivity contribution in [3.8, 4) is 0 Å². The molecule has 0 aliphatic heterocycles. The molecule has 0 heterocycles. The molecular weight excluding hydrogens is 312 g/mol. The number of fused-ring (bicyclic) bond motifs is 10. The van der Waals surface area contributed by atoms with E-state index < -0.39 is 0 Å². The van der Waals surface area contributed by atoms with Gasteiger partial charge in [0.05, 0.1) is 0 Å². The average Bonchev–Trinajstić information content (AvgIpc) is 3.39. The highest BCUT2D eigenvalue weighted by molar-refractivity contribution is 5.06. The quantitative estimate of drug-likeness (QED) is 0.463. The van der Waals surface area contributed by atoms with Crippen LogP contribution >= 0.6 is 0 Å². The van der Waals surface area contributed by atoms with Gasteiger partial charge in [-0.15, -0.1) is 0 Å². The molecule has 6 rings (SSSR count). The summed E-state index contributed by atoms with van der Waals surface area (Å²) in [6, 6.07) is 0. The molecule has 0 spiro atoms. The second kappa shape index (κ2) is 6.52. The Balaban J connectivity index is 0.000000117. The van der Waals surface area contributed by atoms with Crippen LogP contribution in [0.15, 0.2) is 0 Å². The van der Waals surface area contributed by atoms with Crippen molar-refractivity contribution in [1.29, 1.82) is 0 Å². The van der Waals surface area contributed by atoms with Crippen LogP contribution in [-0.2, 0) is 0 Å². The minimum Gasteiger partial charge on any atom is -0.0651 e. The molecule has 0 aromatic heterocycles. The van der Waals surface area contributed by atoms with Crippen molar-refractivity contribution >= 4 is 0 Å². The normalized spacial score (nSPS) is 61.5. The zero-order chi connectivity index (χ0) is 18.2. The van der Waals surface area contributed by atoms with Gasteiger partial charge in [-0.2, -0.15) is 0 Å². The van der Waals surface area contributed by atoms with Crippen molar-refractivity contribution in [3.05, 3.63) is 0 Å². The molecule has 6 aliphatic carbocycles. The zero-order valence-corrected chi connectivity index (χ0v) is 18.2. The van der Waals surface area contributed by atoms with Crippen LogP contribution in [0.2, 0.25) is 0 Å². The molecule has 26 heavy (non-hydrogen) atoms. The van der Waals surface area contributed by atoms with Gasteiger partial charge in [-0.3, -0.25) is 0 Å². The summed E-state index contributed by atoms with van der Waals surface area (Å²) in [5.74, 6) is 14.4. The molecule has 4 bridgehead atoms. The fourth-order valence-corrected chi connectivity index (χ4v) is 10.2. The zero-order valence-electron chi connectivity index (χ0n) is 18.2. The lowest BCUT2D eigenvalue weighted by atomic mass is 9.71. The SMILES string of the molecule is CC1C(C)C2CC1C1CCCC21.CCC1CC(C)C2C3CC(CC3C)C12. The number of rotatable bonds is 1. The van der Waals surface area contributed by atoms with Crippen molar-refractivity contribution in [2.45, 2.75) is 86.0 Å². The first-order valence-corrected chi connectivity index (χ1v) is 12.5. The molecular formula is C26H44. The monoisotopic (exact) mass is 356 g/mol. The van der Waals surface area contributed by atoms with Crippen LogP contribution < -0.4 is 0 Å². The predicted molar refractivity (Wildman–Crippen MR) is 111 cm³/mol. The van der Waals surface area contributed by atoms with Gasteiger partial charge in [0.25, 0.3) is 0 Å². The molecule has 13 unspecified atom stereocenters. The Hall–Kier alpha value is 0. The van der Waals surface area contributed by atoms with E-state index in [1.54, 1.807) is 44.9 Å². The first-order chi connectivity index (χ1) is 12.5. The first-order valence-electron chi connectivity index (χ1n) is 12.5. The second-order valence-corrected chi connectivity index (χ2v) is 11.9. The van der Waals surface area contributed by atoms with Crippen molar-refractivity contribution in [3.63, 3.8) is 0 Å². The molecule has 0 aromatic carbocycles. The van der Waals surface area contributed by atoms with Gasteiger partial charge < -0.3 is 0 Å². The third kappa shape index (κ3) is 2.45. The molecule has 0 N–H and O–H groups in total. The molecule has 6 fully saturated rings. The summed E-state index contributed by atoms with van der Waals surface area (Å²) >= 11 is 0. The fourth-order valence-electron chi connectivity index (χ4n) is 10.2. The molecule has 0 amide bonds. The highest BCUT2D eigenvalue weighted by atomic mass is 14.6. The molecule has 0 nitrogen and oxygen atoms in total. The van der Waals surface area contributed by atoms with Crippen LogP contribution in [-0.4, -0.2) is 0 Å². The molecule has 13 atom stereocenters. The smallest absolute Gasteiger partial charge is 0.0323 e. The predicted octanol–water partition coefficient (Wildman–Crippen LogP) is 7.29. The summed E-state index contributed by atoms with van der Waals surface area (Å²) < 4.78 is 0. The van der Waals surface area contributed by atoms with Crippen LogP contribution in [0.1, 0.15) is 86.0 Å². The fraction of sp³-hybridized carbons (Fsp3) is 1.00. The summed E-state index contributed by atoms with van der Waals surface area (Å²) in [6.45, 7) is 12.5. The molecule has 0 aromatic rings. The van der Waals surface area contributed by atoms with Crippen molar-refractivity contribution < 1.29 is 0 Å². The van der Waals surface area contributed by atoms with Gasteiger partial charge in [-0.25, -0.2) is 0 Å². The summed E-state index contributed by atoms with van der Waals surface area (Å²) in [5, 5.41) is 0. The maximum Gasteiger partial charge on any atom is -0.0323 e. The van der Waals surface area contributed by atoms with Gasteiger partial charge in [0.15, 0.2) is 0 Å². The summed E-state index contributed by atoms with van der Waals surface area (Å²) in [6.07, 6.45) is 12.4. The Bertz CT molecular complexity index is 502. The molecule has 148 valence electrons. The van der Waals surface area contributed by atoms with Crippen LogP contribution in [0.5, 0.6) is 0 Å². The minimum atomic E-state index is 1.04. The van der Waals surface area contributed by atoms with E-state index in [4.69, 9.17) is 0 Å². The highest BCUT2D eigenvalue weighted by Crippen LogP contribution is 2.65. The van der Waals surface area contributed by atoms with Crippen molar-refractivity contribution in [2.75, 3.05) is 0 Å². The minimum absolute atomic E-state index is 1.04. The van der Waals surface area contributed by atoms with E-state index in [-0.39, 0.29) is 0 Å². The largest absolute Gasteiger partial charge is 0.0651 e. The lowest BCUT2D eigenvalue weighted by Crippen LogP contribution is -2.28. The van der Waals surface area contributed by atoms with Crippen LogP contribution in [0.3, 0.4) is 0 Å². The van der Waals surface area contributed by atoms with Gasteiger partial charge in [0.1, 0.15) is 0 Å². The van der Waals surface area contributed by atoms with Crippen LogP contribution in [0.4, 0.5) is 0 Å². The number of hydrogen-bond acceptors (Lipinski definition) is 0. The number of hydrogen-bond donors (Lipinski definition) is 0. The van der Waals surface area contributed by atoms with Gasteiger partial charge in [-0.1, -0.05) is 47.5 Å². The van der Waals surface area contributed by atoms with Gasteiger partial charge in [-0.05, 0) is 115 Å². The van der Waals surface area contributed by atoms with Gasteiger partial charge >= 0.3 is 0 Å². The molecule has 6 saturated carbocycles. The Labute approximate surface area is 163 Å². The van der Waals surface area contributed by atoms with Crippen LogP contribution in [0, 0.1) is 76.9 Å². The van der Waals surface area contributed by atoms with Gasteiger partial charge in [0, 0.05) is 0 Å². The lowest BCUT2D eigenvalue weighted by molar-refractivity contribution is 0.140. The van der Waals surface area contributed by atoms with E-state index in [2.05, 4.69) is 34.6 Å². The first kappa shape index (κ1) is 18.1. The average molecular weight is 357 g/mol. The molecule has 0 radical (unpaired) electrons. The lowest BCUT2D eigenvalue weighted by Gasteiger charge is -2.34. The Morgan fingerprint density at radius 1 is 0.615 bits per heavy atom. The van der Waals surface area contributed by atoms with E-state index >= 15 is 0 Å². The van der Waals surface area contributed by atoms with E-state index in [1.807, 2.05) is 0 Å². The van der Waals surface area contributed by atoms with E-state index in [9.17, 15) is 0 Å². The van der Waals surface area contributed by atoms with Crippen molar-refractivity contribution in [1.82, 2.24) is 0 Å². The second-order valence-electron chi connectivity index (χ2n) is 11.9. The third-order valence-corrected chi connectivity index (χ3v) is 11.3. The summed E-state index contributed by atoms with van der Waals surface area (Å²) in [5.41, 5.74) is 0. The molecule has 6 aliphatic rings. The Morgan fingerprint density at radius 2 is 1.27 bits per heavy atom. The van der Waals surface area contributed by atoms with E-state index in [0.29, 0.717) is 0 Å². The standard InChI is InChI=1S/C14H24.C12H20/c1-4-10-6-9(3)13-12-7-11(14(10)13)5-8(12)2;1-7-8(2)12-6-11(7)9-4-3-5-10(9)12/h8-14H,4-7H2,1-3H3;7-12H,3-6H2,1-2H3. The Morgan fingerprint density at radius 3 is 1.88 bits per heavy atom. The summed E-state index contributed by atoms with van der Waals surface area (Å²) in [7, 11) is 0. The van der Waals surface area contributed by atoms with E-state index in [0.717, 1.165) is 65.1 Å². The van der Waals surface area contributed by atoms with Gasteiger partial charge in [0.2, 0.25) is 0 Å². The molecule has 0 heteroatoms. The van der Waals surface area contributed by atoms with Crippen LogP contribution in [0.25, 0.3) is 0 Å². The molecule has 0 saturated heterocycles. The summed E-state index contributed by atoms with van der Waals surface area (Å²) in [4.78, 5) is 0.